The summed E-state index contributed by atoms with van der Waals surface area (Å²) in [5.74, 6) is 0.342. The van der Waals surface area contributed by atoms with Crippen molar-refractivity contribution in [2.24, 2.45) is 0 Å². The third kappa shape index (κ3) is 4.34. The van der Waals surface area contributed by atoms with Crippen LogP contribution in [-0.4, -0.2) is 57.4 Å². The van der Waals surface area contributed by atoms with Crippen LogP contribution in [0.5, 0.6) is 5.75 Å². The maximum atomic E-state index is 10.5. The Morgan fingerprint density at radius 2 is 2.00 bits per heavy atom. The normalized spacial score (nSPS) is 8.50. The van der Waals surface area contributed by atoms with E-state index in [-0.39, 0.29) is 57.4 Å². The van der Waals surface area contributed by atoms with Crippen LogP contribution in [0.2, 0.25) is 0 Å². The van der Waals surface area contributed by atoms with Crippen molar-refractivity contribution in [2.75, 3.05) is 0 Å². The third-order valence-electron chi connectivity index (χ3n) is 1.09. The van der Waals surface area contributed by atoms with Gasteiger partial charge in [0.1, 0.15) is 5.75 Å². The molecule has 0 saturated heterocycles. The zero-order valence-corrected chi connectivity index (χ0v) is 12.3. The van der Waals surface area contributed by atoms with Crippen molar-refractivity contribution < 1.29 is 9.53 Å². The number of carbonyl (C=O) groups excluding carboxylic acids is 1. The van der Waals surface area contributed by atoms with E-state index >= 15 is 0 Å². The maximum Gasteiger partial charge on any atom is 0.308 e. The summed E-state index contributed by atoms with van der Waals surface area (Å²) in [7, 11) is 0. The van der Waals surface area contributed by atoms with Crippen LogP contribution in [0.4, 0.5) is 0 Å². The molecule has 0 heterocycles. The minimum Gasteiger partial charge on any atom is -0.426 e. The van der Waals surface area contributed by atoms with E-state index in [2.05, 4.69) is 22.6 Å². The van der Waals surface area contributed by atoms with Gasteiger partial charge in [0.15, 0.2) is 0 Å². The molecule has 0 amide bonds. The number of carbonyl (C=O) groups is 1. The van der Waals surface area contributed by atoms with Crippen molar-refractivity contribution in [3.63, 3.8) is 0 Å². The minimum absolute atomic E-state index is 0. The van der Waals surface area contributed by atoms with E-state index in [1.165, 1.54) is 6.92 Å². The van der Waals surface area contributed by atoms with E-state index in [9.17, 15) is 4.79 Å². The first-order chi connectivity index (χ1) is 5.20. The van der Waals surface area contributed by atoms with Crippen LogP contribution in [0, 0.1) is 3.57 Å². The molecule has 0 atom stereocenters. The van der Waals surface area contributed by atoms with Crippen LogP contribution in [0.25, 0.3) is 0 Å². The van der Waals surface area contributed by atoms with Gasteiger partial charge in [-0.3, -0.25) is 4.79 Å². The van der Waals surface area contributed by atoms with Gasteiger partial charge >= 0.3 is 5.97 Å². The number of hydrogen-bond donors (Lipinski definition) is 0. The first-order valence-electron chi connectivity index (χ1n) is 3.13. The molecule has 59 valence electrons. The zero-order chi connectivity index (χ0) is 8.27. The predicted octanol–water partition coefficient (Wildman–Crippen LogP) is 1.84. The Labute approximate surface area is 128 Å². The molecule has 12 heavy (non-hydrogen) atoms. The molecule has 0 saturated carbocycles. The van der Waals surface area contributed by atoms with Crippen molar-refractivity contribution in [3.05, 3.63) is 27.8 Å². The smallest absolute Gasteiger partial charge is 0.308 e. The van der Waals surface area contributed by atoms with Crippen molar-refractivity contribution in [2.45, 2.75) is 6.92 Å². The third-order valence-corrected chi connectivity index (χ3v) is 1.98. The molecule has 1 aromatic rings. The van der Waals surface area contributed by atoms with Crippen molar-refractivity contribution >= 4 is 79.9 Å². The largest absolute Gasteiger partial charge is 0.426 e. The number of para-hydroxylation sites is 1. The predicted molar refractivity (Wildman–Crippen MR) is 56.2 cm³/mol. The van der Waals surface area contributed by atoms with Gasteiger partial charge in [-0.05, 0) is 34.7 Å². The van der Waals surface area contributed by atoms with Gasteiger partial charge in [-0.15, -0.1) is 0 Å². The number of benzene rings is 1. The summed E-state index contributed by atoms with van der Waals surface area (Å²) >= 11 is 2.12. The SMILES string of the molecule is CC(=O)Oc1ccccc1I.[K]. The molecule has 0 aliphatic rings. The average Bonchev–Trinajstić information content (AvgIpc) is 1.93. The molecule has 0 aliphatic carbocycles. The zero-order valence-electron chi connectivity index (χ0n) is 7.00. The molecule has 4 heteroatoms. The number of esters is 1. The Hall–Kier alpha value is 1.06. The molecule has 2 nitrogen and oxygen atoms in total. The maximum absolute atomic E-state index is 10.5. The summed E-state index contributed by atoms with van der Waals surface area (Å²) in [5, 5.41) is 0. The van der Waals surface area contributed by atoms with Gasteiger partial charge in [0, 0.05) is 58.3 Å². The molecule has 1 radical (unpaired) electrons. The van der Waals surface area contributed by atoms with Crippen LogP contribution < -0.4 is 4.74 Å². The van der Waals surface area contributed by atoms with E-state index < -0.39 is 0 Å². The van der Waals surface area contributed by atoms with Crippen LogP contribution in [0.1, 0.15) is 6.92 Å². The summed E-state index contributed by atoms with van der Waals surface area (Å²) in [6.45, 7) is 1.39. The molecular formula is C8H7IKO2. The fourth-order valence-corrected chi connectivity index (χ4v) is 1.18. The van der Waals surface area contributed by atoms with Crippen LogP contribution in [-0.2, 0) is 4.79 Å². The fourth-order valence-electron chi connectivity index (χ4n) is 0.682. The number of rotatable bonds is 1. The number of halogens is 1. The Morgan fingerprint density at radius 3 is 2.50 bits per heavy atom. The van der Waals surface area contributed by atoms with Gasteiger partial charge < -0.3 is 4.74 Å². The van der Waals surface area contributed by atoms with E-state index in [0.29, 0.717) is 5.75 Å². The molecule has 0 unspecified atom stereocenters. The Balaban J connectivity index is 0.00000121. The van der Waals surface area contributed by atoms with E-state index in [1.54, 1.807) is 6.07 Å². The monoisotopic (exact) mass is 301 g/mol. The summed E-state index contributed by atoms with van der Waals surface area (Å²) in [6.07, 6.45) is 0. The van der Waals surface area contributed by atoms with Gasteiger partial charge in [-0.1, -0.05) is 12.1 Å². The van der Waals surface area contributed by atoms with E-state index in [1.807, 2.05) is 18.2 Å². The first-order valence-corrected chi connectivity index (χ1v) is 4.21. The van der Waals surface area contributed by atoms with Crippen molar-refractivity contribution in [1.29, 1.82) is 0 Å². The second kappa shape index (κ2) is 6.50. The standard InChI is InChI=1S/C8H7IO2.K/c1-6(10)11-8-5-3-2-4-7(8)9;/h2-5H,1H3;. The molecular weight excluding hydrogens is 294 g/mol. The molecule has 0 N–H and O–H groups in total. The first kappa shape index (κ1) is 13.1. The molecule has 1 rings (SSSR count). The molecule has 0 aliphatic heterocycles. The molecule has 0 fully saturated rings. The quantitative estimate of drug-likeness (QED) is 0.342. The summed E-state index contributed by atoms with van der Waals surface area (Å²) in [5.41, 5.74) is 0. The second-order valence-electron chi connectivity index (χ2n) is 2.02. The van der Waals surface area contributed by atoms with Gasteiger partial charge in [0.2, 0.25) is 0 Å². The second-order valence-corrected chi connectivity index (χ2v) is 3.19. The molecule has 1 aromatic carbocycles. The summed E-state index contributed by atoms with van der Waals surface area (Å²) < 4.78 is 5.84. The van der Waals surface area contributed by atoms with Crippen LogP contribution in [0.15, 0.2) is 24.3 Å². The topological polar surface area (TPSA) is 26.3 Å². The number of ether oxygens (including phenoxy) is 1. The summed E-state index contributed by atoms with van der Waals surface area (Å²) in [4.78, 5) is 10.5. The number of hydrogen-bond acceptors (Lipinski definition) is 2. The average molecular weight is 301 g/mol. The van der Waals surface area contributed by atoms with Gasteiger partial charge in [0.25, 0.3) is 0 Å². The molecule has 0 spiro atoms. The van der Waals surface area contributed by atoms with Crippen LogP contribution in [0.3, 0.4) is 0 Å². The van der Waals surface area contributed by atoms with E-state index in [0.717, 1.165) is 3.57 Å². The Kier molecular flexibility index (Phi) is 7.07. The fraction of sp³-hybridized carbons (Fsp3) is 0.125. The molecule has 0 bridgehead atoms. The minimum atomic E-state index is -0.283. The van der Waals surface area contributed by atoms with Crippen LogP contribution >= 0.6 is 22.6 Å². The Morgan fingerprint density at radius 1 is 1.42 bits per heavy atom. The van der Waals surface area contributed by atoms with Gasteiger partial charge in [-0.2, -0.15) is 0 Å². The Bertz CT molecular complexity index is 276. The van der Waals surface area contributed by atoms with E-state index in [4.69, 9.17) is 4.74 Å². The van der Waals surface area contributed by atoms with Gasteiger partial charge in [-0.25, -0.2) is 0 Å². The van der Waals surface area contributed by atoms with Crippen molar-refractivity contribution in [1.82, 2.24) is 0 Å². The summed E-state index contributed by atoms with van der Waals surface area (Å²) in [6, 6.07) is 7.39. The van der Waals surface area contributed by atoms with Crippen molar-refractivity contribution in [3.8, 4) is 5.75 Å². The van der Waals surface area contributed by atoms with Gasteiger partial charge in [0.05, 0.1) is 3.57 Å². The molecule has 0 aromatic heterocycles.